The number of nitrogens with zero attached hydrogens (tertiary/aromatic N) is 1. The van der Waals surface area contributed by atoms with Gasteiger partial charge in [0.05, 0.1) is 7.11 Å². The summed E-state index contributed by atoms with van der Waals surface area (Å²) < 4.78 is 5.38. The first-order chi connectivity index (χ1) is 9.26. The number of pyridine rings is 1. The minimum Gasteiger partial charge on any atom is -0.494 e. The monoisotopic (exact) mass is 259 g/mol. The molecule has 0 amide bonds. The molecule has 2 aromatic rings. The van der Waals surface area contributed by atoms with Gasteiger partial charge in [-0.25, -0.2) is 4.98 Å². The summed E-state index contributed by atoms with van der Waals surface area (Å²) in [5.41, 5.74) is 3.03. The van der Waals surface area contributed by atoms with Gasteiger partial charge in [0.1, 0.15) is 11.3 Å². The third kappa shape index (κ3) is 3.15. The van der Waals surface area contributed by atoms with E-state index in [-0.39, 0.29) is 0 Å². The molecule has 0 saturated heterocycles. The van der Waals surface area contributed by atoms with Crippen LogP contribution in [0.4, 0.5) is 5.69 Å². The highest BCUT2D eigenvalue weighted by Crippen LogP contribution is 2.29. The van der Waals surface area contributed by atoms with Gasteiger partial charge in [0.2, 0.25) is 0 Å². The maximum Gasteiger partial charge on any atom is 0.145 e. The summed E-state index contributed by atoms with van der Waals surface area (Å²) in [4.78, 5) is 4.57. The molecule has 0 unspecified atom stereocenters. The number of hydrogen-bond acceptors (Lipinski definition) is 4. The number of aryl methyl sites for hydroxylation is 1. The minimum atomic E-state index is 0.819. The van der Waals surface area contributed by atoms with Crippen LogP contribution in [0.15, 0.2) is 24.3 Å². The Labute approximate surface area is 114 Å². The third-order valence-electron chi connectivity index (χ3n) is 3.07. The molecule has 0 aliphatic rings. The molecule has 0 aliphatic heterocycles. The van der Waals surface area contributed by atoms with Crippen molar-refractivity contribution in [3.63, 3.8) is 0 Å². The van der Waals surface area contributed by atoms with Gasteiger partial charge in [-0.1, -0.05) is 12.1 Å². The largest absolute Gasteiger partial charge is 0.494 e. The van der Waals surface area contributed by atoms with Crippen LogP contribution < -0.4 is 15.4 Å². The molecule has 2 rings (SSSR count). The van der Waals surface area contributed by atoms with Crippen molar-refractivity contribution in [1.82, 2.24) is 10.3 Å². The van der Waals surface area contributed by atoms with Crippen LogP contribution in [0.2, 0.25) is 0 Å². The lowest BCUT2D eigenvalue weighted by molar-refractivity contribution is 0.419. The second kappa shape index (κ2) is 6.38. The van der Waals surface area contributed by atoms with Crippen LogP contribution in [0.25, 0.3) is 10.9 Å². The molecule has 0 aliphatic carbocycles. The van der Waals surface area contributed by atoms with E-state index in [0.29, 0.717) is 0 Å². The first kappa shape index (κ1) is 13.6. The molecule has 4 heteroatoms. The molecule has 0 bridgehead atoms. The first-order valence-corrected chi connectivity index (χ1v) is 6.59. The second-order valence-corrected chi connectivity index (χ2v) is 4.55. The van der Waals surface area contributed by atoms with Gasteiger partial charge in [-0.15, -0.1) is 0 Å². The third-order valence-corrected chi connectivity index (χ3v) is 3.07. The van der Waals surface area contributed by atoms with E-state index < -0.39 is 0 Å². The molecule has 102 valence electrons. The van der Waals surface area contributed by atoms with Gasteiger partial charge in [-0.2, -0.15) is 0 Å². The molecule has 0 spiro atoms. The summed E-state index contributed by atoms with van der Waals surface area (Å²) in [6, 6.07) is 8.10. The van der Waals surface area contributed by atoms with Gasteiger partial charge in [0.25, 0.3) is 0 Å². The van der Waals surface area contributed by atoms with Gasteiger partial charge in [0.15, 0.2) is 0 Å². The zero-order valence-corrected chi connectivity index (χ0v) is 11.8. The Morgan fingerprint density at radius 2 is 2.11 bits per heavy atom. The highest BCUT2D eigenvalue weighted by atomic mass is 16.5. The van der Waals surface area contributed by atoms with Crippen molar-refractivity contribution < 1.29 is 4.74 Å². The Morgan fingerprint density at radius 1 is 1.26 bits per heavy atom. The number of aromatic nitrogens is 1. The lowest BCUT2D eigenvalue weighted by atomic mass is 10.1. The Balaban J connectivity index is 2.32. The number of rotatable bonds is 6. The molecule has 0 radical (unpaired) electrons. The van der Waals surface area contributed by atoms with Crippen LogP contribution >= 0.6 is 0 Å². The van der Waals surface area contributed by atoms with Crippen LogP contribution in [-0.4, -0.2) is 32.2 Å². The topological polar surface area (TPSA) is 46.2 Å². The first-order valence-electron chi connectivity index (χ1n) is 6.59. The minimum absolute atomic E-state index is 0.819. The average Bonchev–Trinajstić information content (AvgIpc) is 2.42. The fourth-order valence-electron chi connectivity index (χ4n) is 2.15. The molecule has 1 heterocycles. The molecule has 4 nitrogen and oxygen atoms in total. The van der Waals surface area contributed by atoms with Crippen molar-refractivity contribution in [2.45, 2.75) is 13.3 Å². The van der Waals surface area contributed by atoms with E-state index in [1.54, 1.807) is 7.11 Å². The fourth-order valence-corrected chi connectivity index (χ4v) is 2.15. The number of nitrogens with one attached hydrogen (secondary N) is 2. The maximum absolute atomic E-state index is 5.38. The van der Waals surface area contributed by atoms with Gasteiger partial charge < -0.3 is 15.4 Å². The van der Waals surface area contributed by atoms with Crippen LogP contribution in [0.3, 0.4) is 0 Å². The van der Waals surface area contributed by atoms with Crippen molar-refractivity contribution in [3.8, 4) is 5.75 Å². The van der Waals surface area contributed by atoms with E-state index in [2.05, 4.69) is 27.8 Å². The molecular weight excluding hydrogens is 238 g/mol. The zero-order chi connectivity index (χ0) is 13.7. The number of ether oxygens (including phenoxy) is 1. The number of fused-ring (bicyclic) bond motifs is 1. The number of benzene rings is 1. The van der Waals surface area contributed by atoms with Crippen molar-refractivity contribution in [1.29, 1.82) is 0 Å². The highest BCUT2D eigenvalue weighted by Gasteiger charge is 2.07. The van der Waals surface area contributed by atoms with Crippen molar-refractivity contribution in [2.75, 3.05) is 32.6 Å². The molecule has 1 aromatic heterocycles. The number of hydrogen-bond donors (Lipinski definition) is 2. The predicted molar refractivity (Wildman–Crippen MR) is 80.1 cm³/mol. The quantitative estimate of drug-likeness (QED) is 0.783. The zero-order valence-electron chi connectivity index (χ0n) is 11.8. The number of para-hydroxylation sites is 1. The molecule has 2 N–H and O–H groups in total. The van der Waals surface area contributed by atoms with E-state index in [9.17, 15) is 0 Å². The fraction of sp³-hybridized carbons (Fsp3) is 0.400. The average molecular weight is 259 g/mol. The Hall–Kier alpha value is -1.81. The van der Waals surface area contributed by atoms with Crippen LogP contribution in [0.5, 0.6) is 5.75 Å². The van der Waals surface area contributed by atoms with E-state index in [4.69, 9.17) is 4.74 Å². The normalized spacial score (nSPS) is 10.7. The van der Waals surface area contributed by atoms with E-state index >= 15 is 0 Å². The molecule has 1 aromatic carbocycles. The van der Waals surface area contributed by atoms with E-state index in [0.717, 1.165) is 47.5 Å². The summed E-state index contributed by atoms with van der Waals surface area (Å²) in [6.45, 7) is 3.96. The van der Waals surface area contributed by atoms with E-state index in [1.807, 2.05) is 26.1 Å². The summed E-state index contributed by atoms with van der Waals surface area (Å²) in [7, 11) is 3.65. The summed E-state index contributed by atoms with van der Waals surface area (Å²) in [5, 5.41) is 7.73. The maximum atomic E-state index is 5.38. The van der Waals surface area contributed by atoms with Crippen molar-refractivity contribution in [2.24, 2.45) is 0 Å². The van der Waals surface area contributed by atoms with Crippen LogP contribution in [-0.2, 0) is 0 Å². The standard InChI is InChI=1S/C15H21N3O/c1-11-10-13(17-9-5-8-16-2)12-6-4-7-14(19-3)15(12)18-11/h4,6-7,10,16H,5,8-9H2,1-3H3,(H,17,18). The SMILES string of the molecule is CNCCCNc1cc(C)nc2c(OC)cccc12. The van der Waals surface area contributed by atoms with Gasteiger partial charge in [-0.3, -0.25) is 0 Å². The Morgan fingerprint density at radius 3 is 2.84 bits per heavy atom. The van der Waals surface area contributed by atoms with Crippen molar-refractivity contribution in [3.05, 3.63) is 30.0 Å². The molecule has 0 fully saturated rings. The molecule has 0 saturated carbocycles. The molecule has 19 heavy (non-hydrogen) atoms. The molecule has 0 atom stereocenters. The van der Waals surface area contributed by atoms with Gasteiger partial charge in [0, 0.05) is 23.3 Å². The van der Waals surface area contributed by atoms with Crippen LogP contribution in [0, 0.1) is 6.92 Å². The molecular formula is C15H21N3O. The lowest BCUT2D eigenvalue weighted by Gasteiger charge is -2.12. The Kier molecular flexibility index (Phi) is 4.58. The summed E-state index contributed by atoms with van der Waals surface area (Å²) in [5.74, 6) is 0.819. The summed E-state index contributed by atoms with van der Waals surface area (Å²) in [6.07, 6.45) is 1.09. The van der Waals surface area contributed by atoms with Crippen LogP contribution in [0.1, 0.15) is 12.1 Å². The van der Waals surface area contributed by atoms with Crippen molar-refractivity contribution >= 4 is 16.6 Å². The predicted octanol–water partition coefficient (Wildman–Crippen LogP) is 2.57. The number of anilines is 1. The smallest absolute Gasteiger partial charge is 0.145 e. The highest BCUT2D eigenvalue weighted by molar-refractivity contribution is 5.95. The second-order valence-electron chi connectivity index (χ2n) is 4.55. The lowest BCUT2D eigenvalue weighted by Crippen LogP contribution is -2.13. The number of methoxy groups -OCH3 is 1. The van der Waals surface area contributed by atoms with Gasteiger partial charge in [-0.05, 0) is 39.1 Å². The van der Waals surface area contributed by atoms with E-state index in [1.165, 1.54) is 0 Å². The van der Waals surface area contributed by atoms with Gasteiger partial charge >= 0.3 is 0 Å². The summed E-state index contributed by atoms with van der Waals surface area (Å²) >= 11 is 0. The Bertz CT molecular complexity index is 554.